The minimum Gasteiger partial charge on any atom is -0.309 e. The molecule has 6 heteroatoms. The molecule has 1 amide bonds. The first kappa shape index (κ1) is 16.2. The Morgan fingerprint density at radius 2 is 2.18 bits per heavy atom. The van der Waals surface area contributed by atoms with Gasteiger partial charge in [0.25, 0.3) is 0 Å². The number of likely N-dealkylation sites (N-methyl/N-ethyl adjacent to an activating group) is 1. The number of rotatable bonds is 6. The molecule has 2 heterocycles. The zero-order chi connectivity index (χ0) is 16.1. The lowest BCUT2D eigenvalue weighted by atomic mass is 10.1. The van der Waals surface area contributed by atoms with Crippen LogP contribution in [-0.2, 0) is 11.2 Å². The van der Waals surface area contributed by atoms with Crippen molar-refractivity contribution in [3.8, 4) is 0 Å². The fourth-order valence-electron chi connectivity index (χ4n) is 2.29. The van der Waals surface area contributed by atoms with E-state index in [-0.39, 0.29) is 11.9 Å². The van der Waals surface area contributed by atoms with Crippen LogP contribution < -0.4 is 5.32 Å². The maximum atomic E-state index is 12.2. The standard InChI is InChI=1S/C16H23N5O/c1-11-14(12(2)20-19-11)8-10-21(4)13(3)16(22)18-15-7-5-6-9-17-15/h5-7,9,13H,8,10H2,1-4H3,(H,19,20)(H,17,18,22). The van der Waals surface area contributed by atoms with Crippen LogP contribution in [0.25, 0.3) is 0 Å². The molecule has 2 rings (SSSR count). The number of amides is 1. The Kier molecular flexibility index (Phi) is 5.27. The average Bonchev–Trinajstić information content (AvgIpc) is 2.83. The lowest BCUT2D eigenvalue weighted by Crippen LogP contribution is -2.40. The number of aryl methyl sites for hydroxylation is 2. The van der Waals surface area contributed by atoms with Crippen molar-refractivity contribution >= 4 is 11.7 Å². The van der Waals surface area contributed by atoms with Gasteiger partial charge in [-0.25, -0.2) is 4.98 Å². The van der Waals surface area contributed by atoms with E-state index in [9.17, 15) is 4.79 Å². The van der Waals surface area contributed by atoms with Gasteiger partial charge >= 0.3 is 0 Å². The fraction of sp³-hybridized carbons (Fsp3) is 0.438. The lowest BCUT2D eigenvalue weighted by molar-refractivity contribution is -0.120. The number of pyridine rings is 1. The van der Waals surface area contributed by atoms with E-state index in [0.717, 1.165) is 24.4 Å². The van der Waals surface area contributed by atoms with Crippen LogP contribution in [0.3, 0.4) is 0 Å². The van der Waals surface area contributed by atoms with Crippen LogP contribution in [-0.4, -0.2) is 45.6 Å². The van der Waals surface area contributed by atoms with Crippen LogP contribution in [0.5, 0.6) is 0 Å². The first-order valence-corrected chi connectivity index (χ1v) is 7.41. The van der Waals surface area contributed by atoms with E-state index in [4.69, 9.17) is 0 Å². The number of carbonyl (C=O) groups excluding carboxylic acids is 1. The highest BCUT2D eigenvalue weighted by Crippen LogP contribution is 2.11. The Morgan fingerprint density at radius 3 is 2.77 bits per heavy atom. The van der Waals surface area contributed by atoms with Gasteiger partial charge in [-0.2, -0.15) is 5.10 Å². The second-order valence-electron chi connectivity index (χ2n) is 5.52. The van der Waals surface area contributed by atoms with Crippen LogP contribution >= 0.6 is 0 Å². The minimum absolute atomic E-state index is 0.0539. The minimum atomic E-state index is -0.227. The molecule has 0 aromatic carbocycles. The Labute approximate surface area is 130 Å². The number of nitrogens with zero attached hydrogens (tertiary/aromatic N) is 3. The molecular weight excluding hydrogens is 278 g/mol. The van der Waals surface area contributed by atoms with E-state index in [1.54, 1.807) is 12.3 Å². The molecule has 1 atom stereocenters. The van der Waals surface area contributed by atoms with Crippen LogP contribution in [0.2, 0.25) is 0 Å². The molecule has 0 radical (unpaired) electrons. The monoisotopic (exact) mass is 301 g/mol. The molecule has 0 aliphatic heterocycles. The van der Waals surface area contributed by atoms with Crippen molar-refractivity contribution in [3.63, 3.8) is 0 Å². The van der Waals surface area contributed by atoms with E-state index in [0.29, 0.717) is 5.82 Å². The van der Waals surface area contributed by atoms with Crippen molar-refractivity contribution in [2.24, 2.45) is 0 Å². The van der Waals surface area contributed by atoms with E-state index in [2.05, 4.69) is 20.5 Å². The number of H-pyrrole nitrogens is 1. The molecule has 118 valence electrons. The van der Waals surface area contributed by atoms with Crippen LogP contribution in [0.4, 0.5) is 5.82 Å². The molecule has 22 heavy (non-hydrogen) atoms. The molecule has 1 unspecified atom stereocenters. The molecule has 0 fully saturated rings. The predicted molar refractivity (Wildman–Crippen MR) is 86.7 cm³/mol. The van der Waals surface area contributed by atoms with E-state index < -0.39 is 0 Å². The third kappa shape index (κ3) is 3.92. The van der Waals surface area contributed by atoms with Gasteiger partial charge in [-0.3, -0.25) is 14.8 Å². The van der Waals surface area contributed by atoms with Gasteiger partial charge in [-0.15, -0.1) is 0 Å². The van der Waals surface area contributed by atoms with Gasteiger partial charge < -0.3 is 5.32 Å². The lowest BCUT2D eigenvalue weighted by Gasteiger charge is -2.23. The molecule has 6 nitrogen and oxygen atoms in total. The number of carbonyl (C=O) groups is 1. The van der Waals surface area contributed by atoms with Crippen molar-refractivity contribution in [1.82, 2.24) is 20.1 Å². The van der Waals surface area contributed by atoms with Gasteiger partial charge in [0.1, 0.15) is 5.82 Å². The Balaban J connectivity index is 1.89. The van der Waals surface area contributed by atoms with Crippen molar-refractivity contribution < 1.29 is 4.79 Å². The zero-order valence-corrected chi connectivity index (χ0v) is 13.6. The van der Waals surface area contributed by atoms with E-state index in [1.807, 2.05) is 44.9 Å². The summed E-state index contributed by atoms with van der Waals surface area (Å²) in [5.41, 5.74) is 3.34. The molecule has 2 aromatic heterocycles. The first-order chi connectivity index (χ1) is 10.5. The highest BCUT2D eigenvalue weighted by Gasteiger charge is 2.19. The van der Waals surface area contributed by atoms with E-state index in [1.165, 1.54) is 5.56 Å². The van der Waals surface area contributed by atoms with Crippen LogP contribution in [0.1, 0.15) is 23.9 Å². The topological polar surface area (TPSA) is 73.9 Å². The fourth-order valence-corrected chi connectivity index (χ4v) is 2.29. The van der Waals surface area contributed by atoms with Gasteiger partial charge in [0.2, 0.25) is 5.91 Å². The van der Waals surface area contributed by atoms with E-state index >= 15 is 0 Å². The van der Waals surface area contributed by atoms with Crippen LogP contribution in [0.15, 0.2) is 24.4 Å². The molecule has 0 saturated heterocycles. The quantitative estimate of drug-likeness (QED) is 0.855. The summed E-state index contributed by atoms with van der Waals surface area (Å²) >= 11 is 0. The van der Waals surface area contributed by atoms with Crippen molar-refractivity contribution in [2.45, 2.75) is 33.2 Å². The highest BCUT2D eigenvalue weighted by molar-refractivity contribution is 5.93. The largest absolute Gasteiger partial charge is 0.309 e. The summed E-state index contributed by atoms with van der Waals surface area (Å²) in [6.45, 7) is 6.70. The number of nitrogens with one attached hydrogen (secondary N) is 2. The number of anilines is 1. The Hall–Kier alpha value is -2.21. The van der Waals surface area contributed by atoms with Gasteiger partial charge in [-0.1, -0.05) is 6.07 Å². The summed E-state index contributed by atoms with van der Waals surface area (Å²) in [7, 11) is 1.95. The number of aromatic nitrogens is 3. The molecule has 0 aliphatic carbocycles. The Bertz CT molecular complexity index is 603. The summed E-state index contributed by atoms with van der Waals surface area (Å²) in [6, 6.07) is 5.22. The summed E-state index contributed by atoms with van der Waals surface area (Å²) in [5.74, 6) is 0.524. The normalized spacial score (nSPS) is 12.4. The third-order valence-electron chi connectivity index (χ3n) is 3.95. The van der Waals surface area contributed by atoms with Crippen LogP contribution in [0, 0.1) is 13.8 Å². The van der Waals surface area contributed by atoms with Gasteiger partial charge in [0.15, 0.2) is 0 Å². The number of aromatic amines is 1. The molecular formula is C16H23N5O. The number of hydrogen-bond acceptors (Lipinski definition) is 4. The Morgan fingerprint density at radius 1 is 1.41 bits per heavy atom. The zero-order valence-electron chi connectivity index (χ0n) is 13.6. The second-order valence-corrected chi connectivity index (χ2v) is 5.52. The molecule has 0 bridgehead atoms. The smallest absolute Gasteiger partial charge is 0.242 e. The summed E-state index contributed by atoms with van der Waals surface area (Å²) in [5, 5.41) is 10.0. The predicted octanol–water partition coefficient (Wildman–Crippen LogP) is 1.92. The molecule has 2 N–H and O–H groups in total. The third-order valence-corrected chi connectivity index (χ3v) is 3.95. The van der Waals surface area contributed by atoms with Crippen molar-refractivity contribution in [3.05, 3.63) is 41.3 Å². The number of hydrogen-bond donors (Lipinski definition) is 2. The maximum absolute atomic E-state index is 12.2. The SMILES string of the molecule is Cc1n[nH]c(C)c1CCN(C)C(C)C(=O)Nc1ccccn1. The summed E-state index contributed by atoms with van der Waals surface area (Å²) in [6.07, 6.45) is 2.53. The first-order valence-electron chi connectivity index (χ1n) is 7.41. The molecule has 0 saturated carbocycles. The highest BCUT2D eigenvalue weighted by atomic mass is 16.2. The second kappa shape index (κ2) is 7.17. The average molecular weight is 301 g/mol. The van der Waals surface area contributed by atoms with Gasteiger partial charge in [0.05, 0.1) is 11.7 Å². The molecule has 0 spiro atoms. The summed E-state index contributed by atoms with van der Waals surface area (Å²) in [4.78, 5) is 18.4. The summed E-state index contributed by atoms with van der Waals surface area (Å²) < 4.78 is 0. The molecule has 0 aliphatic rings. The van der Waals surface area contributed by atoms with Crippen molar-refractivity contribution in [1.29, 1.82) is 0 Å². The van der Waals surface area contributed by atoms with Gasteiger partial charge in [-0.05, 0) is 51.9 Å². The molecule has 2 aromatic rings. The maximum Gasteiger partial charge on any atom is 0.242 e. The van der Waals surface area contributed by atoms with Crippen molar-refractivity contribution in [2.75, 3.05) is 18.9 Å². The van der Waals surface area contributed by atoms with Gasteiger partial charge in [0, 0.05) is 18.4 Å².